The molecule has 31 heavy (non-hydrogen) atoms. The van der Waals surface area contributed by atoms with Crippen molar-refractivity contribution in [1.82, 2.24) is 25.6 Å². The van der Waals surface area contributed by atoms with E-state index in [0.717, 1.165) is 10.9 Å². The normalized spacial score (nSPS) is 15.5. The minimum atomic E-state index is -4.91. The van der Waals surface area contributed by atoms with Gasteiger partial charge in [0, 0.05) is 13.5 Å². The van der Waals surface area contributed by atoms with Crippen molar-refractivity contribution in [3.63, 3.8) is 0 Å². The van der Waals surface area contributed by atoms with Crippen LogP contribution in [0.5, 0.6) is 5.75 Å². The second kappa shape index (κ2) is 8.43. The van der Waals surface area contributed by atoms with Gasteiger partial charge < -0.3 is 15.4 Å². The molecule has 1 aromatic heterocycles. The van der Waals surface area contributed by atoms with Crippen LogP contribution >= 0.6 is 11.6 Å². The molecule has 0 saturated heterocycles. The highest BCUT2D eigenvalue weighted by atomic mass is 35.5. The lowest BCUT2D eigenvalue weighted by Gasteiger charge is -2.20. The summed E-state index contributed by atoms with van der Waals surface area (Å²) >= 11 is 5.86. The summed E-state index contributed by atoms with van der Waals surface area (Å²) < 4.78 is 41.1. The van der Waals surface area contributed by atoms with Gasteiger partial charge in [-0.1, -0.05) is 17.7 Å². The van der Waals surface area contributed by atoms with Gasteiger partial charge in [-0.25, -0.2) is 0 Å². The van der Waals surface area contributed by atoms with Crippen molar-refractivity contribution >= 4 is 23.4 Å². The van der Waals surface area contributed by atoms with E-state index in [2.05, 4.69) is 25.6 Å². The number of benzene rings is 1. The SMILES string of the molecule is Cn1ncc(C(=O)N[C@@H](Cc2ccc(OC(F)(F)F)c(Cl)c2)C(=O)NC2(C#N)CC2)n1. The number of hydrogen-bond acceptors (Lipinski definition) is 6. The fraction of sp³-hybridized carbons (Fsp3) is 0.389. The predicted octanol–water partition coefficient (Wildman–Crippen LogP) is 1.88. The van der Waals surface area contributed by atoms with Crippen molar-refractivity contribution in [3.05, 3.63) is 40.7 Å². The van der Waals surface area contributed by atoms with Gasteiger partial charge in [-0.15, -0.1) is 18.3 Å². The van der Waals surface area contributed by atoms with E-state index in [4.69, 9.17) is 11.6 Å². The molecule has 1 aliphatic rings. The lowest BCUT2D eigenvalue weighted by molar-refractivity contribution is -0.274. The van der Waals surface area contributed by atoms with Gasteiger partial charge in [-0.3, -0.25) is 9.59 Å². The summed E-state index contributed by atoms with van der Waals surface area (Å²) in [5, 5.41) is 21.6. The van der Waals surface area contributed by atoms with Crippen molar-refractivity contribution in [2.24, 2.45) is 7.05 Å². The Morgan fingerprint density at radius 3 is 2.65 bits per heavy atom. The van der Waals surface area contributed by atoms with Gasteiger partial charge >= 0.3 is 6.36 Å². The van der Waals surface area contributed by atoms with E-state index in [-0.39, 0.29) is 17.1 Å². The minimum Gasteiger partial charge on any atom is -0.404 e. The number of amides is 2. The fourth-order valence-electron chi connectivity index (χ4n) is 2.72. The van der Waals surface area contributed by atoms with Gasteiger partial charge in [0.2, 0.25) is 5.91 Å². The maximum atomic E-state index is 12.7. The number of nitriles is 1. The Kier molecular flexibility index (Phi) is 6.08. The molecule has 9 nitrogen and oxygen atoms in total. The molecule has 3 rings (SSSR count). The smallest absolute Gasteiger partial charge is 0.404 e. The Labute approximate surface area is 179 Å². The summed E-state index contributed by atoms with van der Waals surface area (Å²) in [7, 11) is 1.51. The van der Waals surface area contributed by atoms with E-state index in [0.29, 0.717) is 18.4 Å². The Morgan fingerprint density at radius 1 is 1.42 bits per heavy atom. The van der Waals surface area contributed by atoms with E-state index < -0.39 is 35.5 Å². The fourth-order valence-corrected chi connectivity index (χ4v) is 2.96. The van der Waals surface area contributed by atoms with Crippen LogP contribution in [-0.4, -0.2) is 44.8 Å². The first-order valence-corrected chi connectivity index (χ1v) is 9.33. The summed E-state index contributed by atoms with van der Waals surface area (Å²) in [5.41, 5.74) is -0.649. The van der Waals surface area contributed by atoms with E-state index in [9.17, 15) is 28.0 Å². The highest BCUT2D eigenvalue weighted by Crippen LogP contribution is 2.34. The molecule has 0 spiro atoms. The predicted molar refractivity (Wildman–Crippen MR) is 99.8 cm³/mol. The van der Waals surface area contributed by atoms with E-state index in [1.807, 2.05) is 6.07 Å². The summed E-state index contributed by atoms with van der Waals surface area (Å²) in [4.78, 5) is 26.4. The molecule has 0 radical (unpaired) electrons. The number of nitrogens with one attached hydrogen (secondary N) is 2. The first-order valence-electron chi connectivity index (χ1n) is 8.95. The van der Waals surface area contributed by atoms with E-state index in [1.54, 1.807) is 0 Å². The summed E-state index contributed by atoms with van der Waals surface area (Å²) in [6, 6.07) is 4.38. The average Bonchev–Trinajstić information content (AvgIpc) is 3.32. The second-order valence-corrected chi connectivity index (χ2v) is 7.35. The molecule has 2 aromatic rings. The van der Waals surface area contributed by atoms with E-state index in [1.165, 1.54) is 25.4 Å². The number of hydrogen-bond donors (Lipinski definition) is 2. The molecule has 2 N–H and O–H groups in total. The van der Waals surface area contributed by atoms with Crippen molar-refractivity contribution in [2.75, 3.05) is 0 Å². The molecule has 1 aliphatic carbocycles. The third-order valence-corrected chi connectivity index (χ3v) is 4.74. The van der Waals surface area contributed by atoms with Crippen LogP contribution in [0.4, 0.5) is 13.2 Å². The molecule has 164 valence electrons. The van der Waals surface area contributed by atoms with Crippen molar-refractivity contribution in [2.45, 2.75) is 37.2 Å². The van der Waals surface area contributed by atoms with Gasteiger partial charge in [0.15, 0.2) is 5.69 Å². The summed E-state index contributed by atoms with van der Waals surface area (Å²) in [6.45, 7) is 0. The van der Waals surface area contributed by atoms with Crippen molar-refractivity contribution in [3.8, 4) is 11.8 Å². The van der Waals surface area contributed by atoms with Crippen LogP contribution in [-0.2, 0) is 18.3 Å². The molecule has 2 amide bonds. The second-order valence-electron chi connectivity index (χ2n) is 6.95. The number of carbonyl (C=O) groups excluding carboxylic acids is 2. The Hall–Kier alpha value is -3.33. The van der Waals surface area contributed by atoms with Crippen LogP contribution in [0.15, 0.2) is 24.4 Å². The third kappa shape index (κ3) is 5.85. The van der Waals surface area contributed by atoms with Gasteiger partial charge in [0.1, 0.15) is 17.3 Å². The molecule has 0 aliphatic heterocycles. The molecule has 0 bridgehead atoms. The van der Waals surface area contributed by atoms with Gasteiger partial charge in [-0.2, -0.15) is 15.2 Å². The molecular formula is C18H16ClF3N6O3. The Balaban J connectivity index is 1.79. The molecule has 1 saturated carbocycles. The lowest BCUT2D eigenvalue weighted by Crippen LogP contribution is -2.51. The highest BCUT2D eigenvalue weighted by Gasteiger charge is 2.45. The van der Waals surface area contributed by atoms with Crippen molar-refractivity contribution < 1.29 is 27.5 Å². The molecule has 13 heteroatoms. The zero-order chi connectivity index (χ0) is 22.8. The lowest BCUT2D eigenvalue weighted by atomic mass is 10.0. The number of carbonyl (C=O) groups is 2. The first-order chi connectivity index (χ1) is 14.5. The zero-order valence-electron chi connectivity index (χ0n) is 16.0. The summed E-state index contributed by atoms with van der Waals surface area (Å²) in [5.74, 6) is -1.90. The topological polar surface area (TPSA) is 122 Å². The zero-order valence-corrected chi connectivity index (χ0v) is 16.8. The first kappa shape index (κ1) is 22.4. The van der Waals surface area contributed by atoms with Crippen LogP contribution < -0.4 is 15.4 Å². The number of ether oxygens (including phenoxy) is 1. The van der Waals surface area contributed by atoms with Crippen LogP contribution in [0.25, 0.3) is 0 Å². The Morgan fingerprint density at radius 2 is 2.13 bits per heavy atom. The molecule has 1 atom stereocenters. The van der Waals surface area contributed by atoms with Crippen LogP contribution in [0.1, 0.15) is 28.9 Å². The maximum Gasteiger partial charge on any atom is 0.573 e. The van der Waals surface area contributed by atoms with E-state index >= 15 is 0 Å². The number of nitrogens with zero attached hydrogens (tertiary/aromatic N) is 4. The molecular weight excluding hydrogens is 441 g/mol. The molecule has 1 heterocycles. The monoisotopic (exact) mass is 456 g/mol. The standard InChI is InChI=1S/C18H16ClF3N6O3/c1-28-24-8-13(27-28)15(29)25-12(16(30)26-17(9-23)4-5-17)7-10-2-3-14(11(19)6-10)31-18(20,21)22/h2-3,6,8,12H,4-5,7H2,1H3,(H,25,29)(H,26,30)/t12-/m0/s1. The number of aromatic nitrogens is 3. The van der Waals surface area contributed by atoms with Crippen molar-refractivity contribution in [1.29, 1.82) is 5.26 Å². The number of rotatable bonds is 7. The molecule has 1 aromatic carbocycles. The molecule has 0 unspecified atom stereocenters. The van der Waals surface area contributed by atoms with Crippen LogP contribution in [0.3, 0.4) is 0 Å². The van der Waals surface area contributed by atoms with Gasteiger partial charge in [0.05, 0.1) is 17.3 Å². The van der Waals surface area contributed by atoms with Gasteiger partial charge in [0.25, 0.3) is 5.91 Å². The average molecular weight is 457 g/mol. The third-order valence-electron chi connectivity index (χ3n) is 4.44. The number of aryl methyl sites for hydroxylation is 1. The molecule has 1 fully saturated rings. The summed E-state index contributed by atoms with van der Waals surface area (Å²) in [6.07, 6.45) is -2.84. The highest BCUT2D eigenvalue weighted by molar-refractivity contribution is 6.32. The largest absolute Gasteiger partial charge is 0.573 e. The quantitative estimate of drug-likeness (QED) is 0.656. The number of alkyl halides is 3. The number of halogens is 4. The Bertz CT molecular complexity index is 1040. The van der Waals surface area contributed by atoms with Crippen LogP contribution in [0, 0.1) is 11.3 Å². The van der Waals surface area contributed by atoms with Gasteiger partial charge in [-0.05, 0) is 30.5 Å². The van der Waals surface area contributed by atoms with Crippen LogP contribution in [0.2, 0.25) is 5.02 Å². The maximum absolute atomic E-state index is 12.7. The minimum absolute atomic E-state index is 0.0336.